The van der Waals surface area contributed by atoms with Crippen molar-refractivity contribution in [2.75, 3.05) is 23.1 Å². The van der Waals surface area contributed by atoms with Crippen molar-refractivity contribution in [2.24, 2.45) is 5.73 Å². The molecule has 0 unspecified atom stereocenters. The molecular weight excluding hydrogens is 296 g/mol. The Bertz CT molecular complexity index is 541. The Morgan fingerprint density at radius 1 is 1.35 bits per heavy atom. The molecule has 0 radical (unpaired) electrons. The van der Waals surface area contributed by atoms with E-state index in [0.717, 1.165) is 5.75 Å². The number of thioether (sulfide) groups is 1. The summed E-state index contributed by atoms with van der Waals surface area (Å²) in [6, 6.07) is 5.56. The standard InChI is InChI=1S/C13H20N2O3S2/c1-3-20(17,18)11-6-4-10(5-7-11)15-13(16)12(14)8-9-19-2/h4-7,12H,3,8-9,14H2,1-2H3,(H,15,16)/t12-/m1/s1. The third-order valence-corrected chi connectivity index (χ3v) is 5.23. The smallest absolute Gasteiger partial charge is 0.241 e. The maximum absolute atomic E-state index is 11.8. The quantitative estimate of drug-likeness (QED) is 0.795. The Labute approximate surface area is 124 Å². The van der Waals surface area contributed by atoms with Crippen LogP contribution in [0.25, 0.3) is 0 Å². The minimum atomic E-state index is -3.21. The highest BCUT2D eigenvalue weighted by molar-refractivity contribution is 7.98. The van der Waals surface area contributed by atoms with E-state index in [2.05, 4.69) is 5.32 Å². The van der Waals surface area contributed by atoms with Crippen LogP contribution in [0.4, 0.5) is 5.69 Å². The van der Waals surface area contributed by atoms with Crippen molar-refractivity contribution in [1.29, 1.82) is 0 Å². The molecule has 0 aliphatic heterocycles. The van der Waals surface area contributed by atoms with Gasteiger partial charge in [0.25, 0.3) is 0 Å². The van der Waals surface area contributed by atoms with Gasteiger partial charge in [-0.25, -0.2) is 8.42 Å². The first-order chi connectivity index (χ1) is 9.40. The first-order valence-electron chi connectivity index (χ1n) is 6.29. The van der Waals surface area contributed by atoms with E-state index in [1.807, 2.05) is 6.26 Å². The first-order valence-corrected chi connectivity index (χ1v) is 9.33. The second-order valence-corrected chi connectivity index (χ2v) is 7.57. The Morgan fingerprint density at radius 2 is 1.95 bits per heavy atom. The summed E-state index contributed by atoms with van der Waals surface area (Å²) >= 11 is 1.63. The van der Waals surface area contributed by atoms with E-state index in [4.69, 9.17) is 5.73 Å². The zero-order chi connectivity index (χ0) is 15.2. The van der Waals surface area contributed by atoms with Gasteiger partial charge in [-0.2, -0.15) is 11.8 Å². The number of carbonyl (C=O) groups is 1. The van der Waals surface area contributed by atoms with E-state index in [-0.39, 0.29) is 16.6 Å². The normalized spacial score (nSPS) is 12.9. The maximum Gasteiger partial charge on any atom is 0.241 e. The highest BCUT2D eigenvalue weighted by Gasteiger charge is 2.14. The molecule has 0 spiro atoms. The lowest BCUT2D eigenvalue weighted by molar-refractivity contribution is -0.117. The number of nitrogens with two attached hydrogens (primary N) is 1. The van der Waals surface area contributed by atoms with Crippen LogP contribution < -0.4 is 11.1 Å². The van der Waals surface area contributed by atoms with Crippen molar-refractivity contribution in [3.8, 4) is 0 Å². The summed E-state index contributed by atoms with van der Waals surface area (Å²) in [5.41, 5.74) is 6.30. The minimum absolute atomic E-state index is 0.0538. The molecule has 1 aromatic carbocycles. The van der Waals surface area contributed by atoms with E-state index in [0.29, 0.717) is 12.1 Å². The zero-order valence-corrected chi connectivity index (χ0v) is 13.3. The second kappa shape index (κ2) is 7.66. The third kappa shape index (κ3) is 4.81. The molecule has 1 rings (SSSR count). The van der Waals surface area contributed by atoms with Crippen molar-refractivity contribution in [1.82, 2.24) is 0 Å². The molecule has 7 heteroatoms. The molecule has 112 valence electrons. The van der Waals surface area contributed by atoms with Gasteiger partial charge in [-0.1, -0.05) is 6.92 Å². The van der Waals surface area contributed by atoms with Crippen LogP contribution in [-0.2, 0) is 14.6 Å². The van der Waals surface area contributed by atoms with Crippen LogP contribution >= 0.6 is 11.8 Å². The van der Waals surface area contributed by atoms with Crippen molar-refractivity contribution >= 4 is 33.2 Å². The third-order valence-electron chi connectivity index (χ3n) is 2.83. The molecule has 0 fully saturated rings. The van der Waals surface area contributed by atoms with Gasteiger partial charge in [0, 0.05) is 5.69 Å². The number of hydrogen-bond acceptors (Lipinski definition) is 5. The predicted molar refractivity (Wildman–Crippen MR) is 83.8 cm³/mol. The van der Waals surface area contributed by atoms with Crippen LogP contribution in [0.2, 0.25) is 0 Å². The zero-order valence-electron chi connectivity index (χ0n) is 11.6. The van der Waals surface area contributed by atoms with E-state index >= 15 is 0 Å². The van der Waals surface area contributed by atoms with Crippen LogP contribution in [0.3, 0.4) is 0 Å². The number of carbonyl (C=O) groups excluding carboxylic acids is 1. The van der Waals surface area contributed by atoms with Crippen molar-refractivity contribution in [3.63, 3.8) is 0 Å². The van der Waals surface area contributed by atoms with Gasteiger partial charge in [0.2, 0.25) is 5.91 Å². The molecule has 0 aliphatic rings. The highest BCUT2D eigenvalue weighted by atomic mass is 32.2. The van der Waals surface area contributed by atoms with Gasteiger partial charge in [-0.15, -0.1) is 0 Å². The molecule has 5 nitrogen and oxygen atoms in total. The summed E-state index contributed by atoms with van der Waals surface area (Å²) in [6.07, 6.45) is 2.56. The number of anilines is 1. The van der Waals surface area contributed by atoms with Crippen molar-refractivity contribution in [3.05, 3.63) is 24.3 Å². The fourth-order valence-corrected chi connectivity index (χ4v) is 2.90. The first kappa shape index (κ1) is 17.0. The van der Waals surface area contributed by atoms with E-state index in [1.54, 1.807) is 30.8 Å². The minimum Gasteiger partial charge on any atom is -0.325 e. The number of benzene rings is 1. The van der Waals surface area contributed by atoms with E-state index in [1.165, 1.54) is 12.1 Å². The van der Waals surface area contributed by atoms with E-state index < -0.39 is 15.9 Å². The molecule has 3 N–H and O–H groups in total. The molecule has 1 amide bonds. The SMILES string of the molecule is CCS(=O)(=O)c1ccc(NC(=O)[C@H](N)CCSC)cc1. The van der Waals surface area contributed by atoms with Crippen LogP contribution in [0.15, 0.2) is 29.2 Å². The van der Waals surface area contributed by atoms with Gasteiger partial charge in [0.1, 0.15) is 0 Å². The second-order valence-electron chi connectivity index (χ2n) is 4.31. The summed E-state index contributed by atoms with van der Waals surface area (Å²) in [7, 11) is -3.21. The average Bonchev–Trinajstić information content (AvgIpc) is 2.45. The molecule has 0 aliphatic carbocycles. The number of nitrogens with one attached hydrogen (secondary N) is 1. The van der Waals surface area contributed by atoms with Crippen molar-refractivity contribution < 1.29 is 13.2 Å². The molecule has 0 saturated carbocycles. The van der Waals surface area contributed by atoms with Crippen LogP contribution in [-0.4, -0.2) is 38.1 Å². The largest absolute Gasteiger partial charge is 0.325 e. The summed E-state index contributed by atoms with van der Waals surface area (Å²) in [5, 5.41) is 2.68. The molecule has 1 aromatic rings. The van der Waals surface area contributed by atoms with Gasteiger partial charge in [-0.3, -0.25) is 4.79 Å². The molecule has 0 heterocycles. The summed E-state index contributed by atoms with van der Waals surface area (Å²) in [6.45, 7) is 1.59. The fourth-order valence-electron chi connectivity index (χ4n) is 1.52. The van der Waals surface area contributed by atoms with Gasteiger partial charge in [0.15, 0.2) is 9.84 Å². The molecule has 0 bridgehead atoms. The lowest BCUT2D eigenvalue weighted by Crippen LogP contribution is -2.36. The summed E-state index contributed by atoms with van der Waals surface area (Å²) in [5.74, 6) is 0.616. The van der Waals surface area contributed by atoms with Gasteiger partial charge < -0.3 is 11.1 Å². The Morgan fingerprint density at radius 3 is 2.45 bits per heavy atom. The number of hydrogen-bond donors (Lipinski definition) is 2. The van der Waals surface area contributed by atoms with Crippen molar-refractivity contribution in [2.45, 2.75) is 24.3 Å². The molecular formula is C13H20N2O3S2. The van der Waals surface area contributed by atoms with Gasteiger partial charge >= 0.3 is 0 Å². The van der Waals surface area contributed by atoms with E-state index in [9.17, 15) is 13.2 Å². The topological polar surface area (TPSA) is 89.3 Å². The molecule has 0 saturated heterocycles. The molecule has 1 atom stereocenters. The number of amides is 1. The van der Waals surface area contributed by atoms with Crippen LogP contribution in [0, 0.1) is 0 Å². The van der Waals surface area contributed by atoms with Gasteiger partial charge in [-0.05, 0) is 42.7 Å². The summed E-state index contributed by atoms with van der Waals surface area (Å²) < 4.78 is 23.3. The maximum atomic E-state index is 11.8. The summed E-state index contributed by atoms with van der Waals surface area (Å²) in [4.78, 5) is 12.0. The van der Waals surface area contributed by atoms with Crippen LogP contribution in [0.5, 0.6) is 0 Å². The molecule has 20 heavy (non-hydrogen) atoms. The van der Waals surface area contributed by atoms with Gasteiger partial charge in [0.05, 0.1) is 16.7 Å². The lowest BCUT2D eigenvalue weighted by Gasteiger charge is -2.12. The van der Waals surface area contributed by atoms with Crippen LogP contribution in [0.1, 0.15) is 13.3 Å². The number of rotatable bonds is 7. The average molecular weight is 316 g/mol. The highest BCUT2D eigenvalue weighted by Crippen LogP contribution is 2.15. The molecule has 0 aromatic heterocycles. The Kier molecular flexibility index (Phi) is 6.51. The number of sulfone groups is 1. The monoisotopic (exact) mass is 316 g/mol. The fraction of sp³-hybridized carbons (Fsp3) is 0.462. The Balaban J connectivity index is 2.68. The predicted octanol–water partition coefficient (Wildman–Crippen LogP) is 1.50. The Hall–Kier alpha value is -1.05. The lowest BCUT2D eigenvalue weighted by atomic mass is 10.2.